The zero-order valence-electron chi connectivity index (χ0n) is 15.6. The average Bonchev–Trinajstić information content (AvgIpc) is 3.18. The second-order valence-electron chi connectivity index (χ2n) is 6.94. The van der Waals surface area contributed by atoms with Crippen LogP contribution in [0.4, 0.5) is 17.1 Å². The van der Waals surface area contributed by atoms with Crippen molar-refractivity contribution in [2.75, 3.05) is 29.0 Å². The van der Waals surface area contributed by atoms with Crippen molar-refractivity contribution in [3.05, 3.63) is 54.1 Å². The van der Waals surface area contributed by atoms with E-state index in [9.17, 15) is 9.59 Å². The van der Waals surface area contributed by atoms with Gasteiger partial charge in [0.1, 0.15) is 6.04 Å². The maximum absolute atomic E-state index is 12.4. The summed E-state index contributed by atoms with van der Waals surface area (Å²) in [6, 6.07) is 14.3. The first-order chi connectivity index (χ1) is 13.0. The number of hydrogen-bond acceptors (Lipinski definition) is 4. The summed E-state index contributed by atoms with van der Waals surface area (Å²) in [6.07, 6.45) is 2.61. The predicted molar refractivity (Wildman–Crippen MR) is 109 cm³/mol. The molecule has 2 aromatic carbocycles. The van der Waals surface area contributed by atoms with E-state index >= 15 is 0 Å². The molecule has 1 aliphatic heterocycles. The highest BCUT2D eigenvalue weighted by atomic mass is 16.2. The summed E-state index contributed by atoms with van der Waals surface area (Å²) in [5.41, 5.74) is 9.01. The molecule has 0 radical (unpaired) electrons. The number of benzene rings is 2. The van der Waals surface area contributed by atoms with Crippen molar-refractivity contribution < 1.29 is 9.59 Å². The monoisotopic (exact) mass is 366 g/mol. The van der Waals surface area contributed by atoms with Crippen LogP contribution in [0.15, 0.2) is 48.5 Å². The molecule has 142 valence electrons. The van der Waals surface area contributed by atoms with E-state index in [0.717, 1.165) is 30.0 Å². The number of carbonyl (C=O) groups is 2. The predicted octanol–water partition coefficient (Wildman–Crippen LogP) is 2.55. The summed E-state index contributed by atoms with van der Waals surface area (Å²) < 4.78 is 0. The smallest absolute Gasteiger partial charge is 0.246 e. The molecule has 1 aliphatic rings. The van der Waals surface area contributed by atoms with Gasteiger partial charge in [0.2, 0.25) is 11.8 Å². The molecule has 2 aromatic rings. The van der Waals surface area contributed by atoms with Crippen molar-refractivity contribution in [3.8, 4) is 0 Å². The van der Waals surface area contributed by atoms with Gasteiger partial charge in [0, 0.05) is 30.2 Å². The van der Waals surface area contributed by atoms with Crippen LogP contribution in [0.5, 0.6) is 0 Å². The van der Waals surface area contributed by atoms with E-state index in [0.29, 0.717) is 5.69 Å². The molecule has 1 heterocycles. The first-order valence-electron chi connectivity index (χ1n) is 9.31. The fourth-order valence-corrected chi connectivity index (χ4v) is 3.19. The minimum Gasteiger partial charge on any atom is -0.399 e. The first-order valence-corrected chi connectivity index (χ1v) is 9.31. The minimum atomic E-state index is -0.623. The molecule has 2 amide bonds. The Balaban J connectivity index is 1.53. The number of amides is 2. The van der Waals surface area contributed by atoms with Crippen LogP contribution in [0, 0.1) is 0 Å². The van der Waals surface area contributed by atoms with Crippen molar-refractivity contribution in [2.45, 2.75) is 32.2 Å². The largest absolute Gasteiger partial charge is 0.399 e. The molecule has 0 saturated carbocycles. The van der Waals surface area contributed by atoms with E-state index in [1.165, 1.54) is 12.8 Å². The van der Waals surface area contributed by atoms with Gasteiger partial charge in [-0.05, 0) is 55.7 Å². The molecule has 0 bridgehead atoms. The molecule has 6 heteroatoms. The summed E-state index contributed by atoms with van der Waals surface area (Å²) in [5.74, 6) is -0.438. The quantitative estimate of drug-likeness (QED) is 0.686. The number of nitrogen functional groups attached to an aromatic ring is 1. The van der Waals surface area contributed by atoms with Crippen LogP contribution in [0.1, 0.15) is 25.3 Å². The number of rotatable bonds is 6. The fourth-order valence-electron chi connectivity index (χ4n) is 3.19. The van der Waals surface area contributed by atoms with Crippen LogP contribution in [-0.4, -0.2) is 30.9 Å². The molecular formula is C21H26N4O2. The van der Waals surface area contributed by atoms with E-state index in [1.54, 1.807) is 19.1 Å². The molecule has 1 atom stereocenters. The standard InChI is InChI=1S/C21H26N4O2/c1-15(23-20(26)13-16-7-9-17(22)10-8-16)21(27)24-18-5-4-6-19(14-18)25-11-2-3-12-25/h4-10,14-15H,2-3,11-13,22H2,1H3,(H,23,26)(H,24,27). The second kappa shape index (κ2) is 8.58. The number of hydrogen-bond donors (Lipinski definition) is 3. The summed E-state index contributed by atoms with van der Waals surface area (Å²) in [7, 11) is 0. The lowest BCUT2D eigenvalue weighted by molar-refractivity contribution is -0.125. The van der Waals surface area contributed by atoms with E-state index < -0.39 is 6.04 Å². The Labute approximate surface area is 159 Å². The highest BCUT2D eigenvalue weighted by Crippen LogP contribution is 2.23. The number of anilines is 3. The number of nitrogens with two attached hydrogens (primary N) is 1. The molecule has 27 heavy (non-hydrogen) atoms. The highest BCUT2D eigenvalue weighted by Gasteiger charge is 2.17. The van der Waals surface area contributed by atoms with Crippen LogP contribution in [0.25, 0.3) is 0 Å². The summed E-state index contributed by atoms with van der Waals surface area (Å²) in [4.78, 5) is 26.9. The Morgan fingerprint density at radius 2 is 1.81 bits per heavy atom. The SMILES string of the molecule is CC(NC(=O)Cc1ccc(N)cc1)C(=O)Nc1cccc(N2CCCC2)c1. The second-order valence-corrected chi connectivity index (χ2v) is 6.94. The Hall–Kier alpha value is -3.02. The van der Waals surface area contributed by atoms with Crippen LogP contribution < -0.4 is 21.3 Å². The Morgan fingerprint density at radius 1 is 1.11 bits per heavy atom. The summed E-state index contributed by atoms with van der Waals surface area (Å²) in [5, 5.41) is 5.63. The maximum Gasteiger partial charge on any atom is 0.246 e. The minimum absolute atomic E-state index is 0.201. The Kier molecular flexibility index (Phi) is 5.96. The number of nitrogens with one attached hydrogen (secondary N) is 2. The average molecular weight is 366 g/mol. The van der Waals surface area contributed by atoms with Gasteiger partial charge in [-0.2, -0.15) is 0 Å². The van der Waals surface area contributed by atoms with Gasteiger partial charge in [-0.3, -0.25) is 9.59 Å². The van der Waals surface area contributed by atoms with Crippen molar-refractivity contribution in [1.29, 1.82) is 0 Å². The lowest BCUT2D eigenvalue weighted by Crippen LogP contribution is -2.42. The van der Waals surface area contributed by atoms with Crippen LogP contribution in [-0.2, 0) is 16.0 Å². The molecule has 1 fully saturated rings. The van der Waals surface area contributed by atoms with Gasteiger partial charge in [0.25, 0.3) is 0 Å². The molecule has 1 saturated heterocycles. The van der Waals surface area contributed by atoms with Gasteiger partial charge in [0.15, 0.2) is 0 Å². The van der Waals surface area contributed by atoms with Crippen molar-refractivity contribution in [3.63, 3.8) is 0 Å². The van der Waals surface area contributed by atoms with Crippen molar-refractivity contribution >= 4 is 28.9 Å². The third-order valence-electron chi connectivity index (χ3n) is 4.70. The molecule has 0 aliphatic carbocycles. The van der Waals surface area contributed by atoms with Crippen LogP contribution in [0.3, 0.4) is 0 Å². The topological polar surface area (TPSA) is 87.5 Å². The Bertz CT molecular complexity index is 798. The maximum atomic E-state index is 12.4. The molecule has 0 aromatic heterocycles. The zero-order valence-corrected chi connectivity index (χ0v) is 15.6. The van der Waals surface area contributed by atoms with Crippen LogP contribution >= 0.6 is 0 Å². The molecule has 6 nitrogen and oxygen atoms in total. The number of carbonyl (C=O) groups excluding carboxylic acids is 2. The lowest BCUT2D eigenvalue weighted by atomic mass is 10.1. The molecule has 1 unspecified atom stereocenters. The molecule has 4 N–H and O–H groups in total. The number of nitrogens with zero attached hydrogens (tertiary/aromatic N) is 1. The Morgan fingerprint density at radius 3 is 2.52 bits per heavy atom. The van der Waals surface area contributed by atoms with Gasteiger partial charge >= 0.3 is 0 Å². The lowest BCUT2D eigenvalue weighted by Gasteiger charge is -2.19. The van der Waals surface area contributed by atoms with Gasteiger partial charge in [-0.1, -0.05) is 18.2 Å². The summed E-state index contributed by atoms with van der Waals surface area (Å²) >= 11 is 0. The van der Waals surface area contributed by atoms with Gasteiger partial charge in [-0.25, -0.2) is 0 Å². The fraction of sp³-hybridized carbons (Fsp3) is 0.333. The molecule has 0 spiro atoms. The third-order valence-corrected chi connectivity index (χ3v) is 4.70. The van der Waals surface area contributed by atoms with E-state index in [1.807, 2.05) is 30.3 Å². The zero-order chi connectivity index (χ0) is 19.2. The highest BCUT2D eigenvalue weighted by molar-refractivity contribution is 5.97. The van der Waals surface area contributed by atoms with Crippen LogP contribution in [0.2, 0.25) is 0 Å². The normalized spacial score (nSPS) is 14.6. The molecule has 3 rings (SSSR count). The van der Waals surface area contributed by atoms with E-state index in [2.05, 4.69) is 21.6 Å². The third kappa shape index (κ3) is 5.23. The van der Waals surface area contributed by atoms with E-state index in [-0.39, 0.29) is 18.2 Å². The first kappa shape index (κ1) is 18.8. The van der Waals surface area contributed by atoms with Gasteiger partial charge < -0.3 is 21.3 Å². The van der Waals surface area contributed by atoms with Gasteiger partial charge in [-0.15, -0.1) is 0 Å². The van der Waals surface area contributed by atoms with Crippen molar-refractivity contribution in [1.82, 2.24) is 5.32 Å². The van der Waals surface area contributed by atoms with Crippen molar-refractivity contribution in [2.24, 2.45) is 0 Å². The molecular weight excluding hydrogens is 340 g/mol. The van der Waals surface area contributed by atoms with Gasteiger partial charge in [0.05, 0.1) is 6.42 Å². The van der Waals surface area contributed by atoms with E-state index in [4.69, 9.17) is 5.73 Å². The summed E-state index contributed by atoms with van der Waals surface area (Å²) in [6.45, 7) is 3.78.